The molecule has 1 aromatic carbocycles. The van der Waals surface area contributed by atoms with Crippen molar-refractivity contribution in [3.05, 3.63) is 41.5 Å². The summed E-state index contributed by atoms with van der Waals surface area (Å²) in [5.74, 6) is -0.353. The molecule has 17 heavy (non-hydrogen) atoms. The summed E-state index contributed by atoms with van der Waals surface area (Å²) in [5.41, 5.74) is 2.27. The van der Waals surface area contributed by atoms with E-state index >= 15 is 0 Å². The molecule has 3 heteroatoms. The highest BCUT2D eigenvalue weighted by molar-refractivity contribution is 5.96. The molecular weight excluding hydrogens is 216 g/mol. The number of carbonyl (C=O) groups is 2. The van der Waals surface area contributed by atoms with Crippen molar-refractivity contribution in [1.29, 1.82) is 0 Å². The summed E-state index contributed by atoms with van der Waals surface area (Å²) in [7, 11) is 0. The zero-order valence-electron chi connectivity index (χ0n) is 10.3. The number of ketones is 1. The fraction of sp³-hybridized carbons (Fsp3) is 0.286. The first kappa shape index (κ1) is 13.2. The topological polar surface area (TPSA) is 43.4 Å². The first-order chi connectivity index (χ1) is 8.04. The first-order valence-corrected chi connectivity index (χ1v) is 5.51. The highest BCUT2D eigenvalue weighted by atomic mass is 16.5. The number of hydrogen-bond donors (Lipinski definition) is 0. The smallest absolute Gasteiger partial charge is 0.331 e. The van der Waals surface area contributed by atoms with Crippen LogP contribution in [0.2, 0.25) is 0 Å². The van der Waals surface area contributed by atoms with Crippen molar-refractivity contribution in [3.8, 4) is 0 Å². The molecule has 0 atom stereocenters. The van der Waals surface area contributed by atoms with Crippen molar-refractivity contribution in [2.45, 2.75) is 20.8 Å². The molecule has 3 nitrogen and oxygen atoms in total. The number of rotatable bonds is 4. The van der Waals surface area contributed by atoms with E-state index in [-0.39, 0.29) is 11.8 Å². The maximum Gasteiger partial charge on any atom is 0.331 e. The summed E-state index contributed by atoms with van der Waals surface area (Å²) >= 11 is 0. The summed E-state index contributed by atoms with van der Waals surface area (Å²) in [4.78, 5) is 22.5. The standard InChI is InChI=1S/C14H16O3/c1-4-17-14(16)8-10(2)12-6-5-7-13(9-12)11(3)15/h5-9H,4H2,1-3H3/b10-8+. The molecule has 0 saturated heterocycles. The van der Waals surface area contributed by atoms with Crippen LogP contribution in [0.15, 0.2) is 30.3 Å². The van der Waals surface area contributed by atoms with Crippen molar-refractivity contribution in [2.75, 3.05) is 6.61 Å². The van der Waals surface area contributed by atoms with Gasteiger partial charge in [0.05, 0.1) is 6.61 Å². The number of allylic oxidation sites excluding steroid dienone is 1. The monoisotopic (exact) mass is 232 g/mol. The molecule has 0 aliphatic carbocycles. The lowest BCUT2D eigenvalue weighted by Gasteiger charge is -2.03. The van der Waals surface area contributed by atoms with Gasteiger partial charge in [-0.25, -0.2) is 4.79 Å². The minimum absolute atomic E-state index is 0.00999. The Hall–Kier alpha value is -1.90. The number of hydrogen-bond acceptors (Lipinski definition) is 3. The molecule has 0 radical (unpaired) electrons. The SMILES string of the molecule is CCOC(=O)/C=C(\C)c1cccc(C(C)=O)c1. The molecule has 1 rings (SSSR count). The Bertz CT molecular complexity index is 458. The highest BCUT2D eigenvalue weighted by Crippen LogP contribution is 2.15. The molecule has 0 amide bonds. The Morgan fingerprint density at radius 1 is 1.24 bits per heavy atom. The third kappa shape index (κ3) is 3.87. The number of ether oxygens (including phenoxy) is 1. The van der Waals surface area contributed by atoms with E-state index in [1.165, 1.54) is 13.0 Å². The van der Waals surface area contributed by atoms with Crippen LogP contribution in [0.25, 0.3) is 5.57 Å². The lowest BCUT2D eigenvalue weighted by Crippen LogP contribution is -2.00. The summed E-state index contributed by atoms with van der Waals surface area (Å²) in [5, 5.41) is 0. The van der Waals surface area contributed by atoms with Gasteiger partial charge in [-0.15, -0.1) is 0 Å². The lowest BCUT2D eigenvalue weighted by atomic mass is 10.0. The van der Waals surface area contributed by atoms with Gasteiger partial charge in [0.15, 0.2) is 5.78 Å². The van der Waals surface area contributed by atoms with Gasteiger partial charge in [-0.05, 0) is 38.0 Å². The highest BCUT2D eigenvalue weighted by Gasteiger charge is 2.04. The molecule has 90 valence electrons. The van der Waals surface area contributed by atoms with Gasteiger partial charge in [0.25, 0.3) is 0 Å². The summed E-state index contributed by atoms with van der Waals surface area (Å²) in [6.07, 6.45) is 1.43. The third-order valence-electron chi connectivity index (χ3n) is 2.35. The second-order valence-corrected chi connectivity index (χ2v) is 3.72. The van der Waals surface area contributed by atoms with Gasteiger partial charge >= 0.3 is 5.97 Å². The van der Waals surface area contributed by atoms with Crippen LogP contribution in [-0.2, 0) is 9.53 Å². The molecule has 0 heterocycles. The largest absolute Gasteiger partial charge is 0.463 e. The van der Waals surface area contributed by atoms with E-state index < -0.39 is 0 Å². The average molecular weight is 232 g/mol. The molecule has 0 saturated carbocycles. The van der Waals surface area contributed by atoms with Crippen molar-refractivity contribution in [2.24, 2.45) is 0 Å². The van der Waals surface area contributed by atoms with Crippen LogP contribution in [0.1, 0.15) is 36.7 Å². The maximum atomic E-state index is 11.3. The normalized spacial score (nSPS) is 11.1. The lowest BCUT2D eigenvalue weighted by molar-refractivity contribution is -0.137. The van der Waals surface area contributed by atoms with Crippen LogP contribution in [0.3, 0.4) is 0 Å². The Morgan fingerprint density at radius 3 is 2.47 bits per heavy atom. The van der Waals surface area contributed by atoms with Gasteiger partial charge in [0, 0.05) is 11.6 Å². The number of esters is 1. The molecule has 0 spiro atoms. The molecule has 0 bridgehead atoms. The van der Waals surface area contributed by atoms with E-state index in [0.29, 0.717) is 12.2 Å². The van der Waals surface area contributed by atoms with Crippen LogP contribution in [-0.4, -0.2) is 18.4 Å². The molecule has 0 aliphatic rings. The molecular formula is C14H16O3. The van der Waals surface area contributed by atoms with E-state index in [1.54, 1.807) is 25.1 Å². The van der Waals surface area contributed by atoms with E-state index in [2.05, 4.69) is 0 Å². The molecule has 0 N–H and O–H groups in total. The second kappa shape index (κ2) is 5.99. The predicted molar refractivity (Wildman–Crippen MR) is 66.7 cm³/mol. The second-order valence-electron chi connectivity index (χ2n) is 3.72. The Balaban J connectivity index is 2.96. The van der Waals surface area contributed by atoms with Crippen LogP contribution >= 0.6 is 0 Å². The number of carbonyl (C=O) groups excluding carboxylic acids is 2. The minimum Gasteiger partial charge on any atom is -0.463 e. The van der Waals surface area contributed by atoms with E-state index in [9.17, 15) is 9.59 Å². The Morgan fingerprint density at radius 2 is 1.88 bits per heavy atom. The Labute approximate surface area is 101 Å². The maximum absolute atomic E-state index is 11.3. The predicted octanol–water partition coefficient (Wildman–Crippen LogP) is 2.86. The van der Waals surface area contributed by atoms with Gasteiger partial charge < -0.3 is 4.74 Å². The van der Waals surface area contributed by atoms with Crippen molar-refractivity contribution < 1.29 is 14.3 Å². The van der Waals surface area contributed by atoms with E-state index in [1.807, 2.05) is 13.0 Å². The molecule has 0 aromatic heterocycles. The van der Waals surface area contributed by atoms with Crippen LogP contribution in [0, 0.1) is 0 Å². The summed E-state index contributed by atoms with van der Waals surface area (Å²) in [6.45, 7) is 5.45. The van der Waals surface area contributed by atoms with Gasteiger partial charge in [-0.1, -0.05) is 18.2 Å². The summed E-state index contributed by atoms with van der Waals surface area (Å²) < 4.78 is 4.83. The van der Waals surface area contributed by atoms with Crippen molar-refractivity contribution >= 4 is 17.3 Å². The molecule has 1 aromatic rings. The quantitative estimate of drug-likeness (QED) is 0.455. The van der Waals surface area contributed by atoms with E-state index in [4.69, 9.17) is 4.74 Å². The van der Waals surface area contributed by atoms with Crippen LogP contribution in [0.5, 0.6) is 0 Å². The van der Waals surface area contributed by atoms with Gasteiger partial charge in [0.1, 0.15) is 0 Å². The fourth-order valence-electron chi connectivity index (χ4n) is 1.43. The molecule has 0 fully saturated rings. The average Bonchev–Trinajstić information content (AvgIpc) is 2.29. The number of Topliss-reactive ketones (excluding diaryl/α,β-unsaturated/α-hetero) is 1. The first-order valence-electron chi connectivity index (χ1n) is 5.51. The van der Waals surface area contributed by atoms with E-state index in [0.717, 1.165) is 11.1 Å². The van der Waals surface area contributed by atoms with Crippen molar-refractivity contribution in [1.82, 2.24) is 0 Å². The van der Waals surface area contributed by atoms with Gasteiger partial charge in [-0.3, -0.25) is 4.79 Å². The van der Waals surface area contributed by atoms with Gasteiger partial charge in [-0.2, -0.15) is 0 Å². The Kier molecular flexibility index (Phi) is 4.64. The van der Waals surface area contributed by atoms with Crippen LogP contribution < -0.4 is 0 Å². The molecule has 0 unspecified atom stereocenters. The third-order valence-corrected chi connectivity index (χ3v) is 2.35. The van der Waals surface area contributed by atoms with Crippen molar-refractivity contribution in [3.63, 3.8) is 0 Å². The number of benzene rings is 1. The summed E-state index contributed by atoms with van der Waals surface area (Å²) in [6, 6.07) is 7.18. The van der Waals surface area contributed by atoms with Crippen LogP contribution in [0.4, 0.5) is 0 Å². The zero-order valence-corrected chi connectivity index (χ0v) is 10.3. The fourth-order valence-corrected chi connectivity index (χ4v) is 1.43. The van der Waals surface area contributed by atoms with Gasteiger partial charge in [0.2, 0.25) is 0 Å². The molecule has 0 aliphatic heterocycles. The zero-order chi connectivity index (χ0) is 12.8. The minimum atomic E-state index is -0.363.